The highest BCUT2D eigenvalue weighted by molar-refractivity contribution is 14.1. The largest absolute Gasteiger partial charge is 0.451 e. The third-order valence-electron chi connectivity index (χ3n) is 3.13. The topological polar surface area (TPSA) is 84.1 Å². The third-order valence-corrected chi connectivity index (χ3v) is 3.85. The average Bonchev–Trinajstić information content (AvgIpc) is 2.99. The lowest BCUT2D eigenvalue weighted by Gasteiger charge is -2.06. The van der Waals surface area contributed by atoms with Gasteiger partial charge in [0.2, 0.25) is 0 Å². The normalized spacial score (nSPS) is 10.5. The van der Waals surface area contributed by atoms with Gasteiger partial charge in [-0.2, -0.15) is 5.10 Å². The number of H-pyrrole nitrogens is 1. The molecule has 0 radical (unpaired) electrons. The smallest absolute Gasteiger partial charge is 0.359 e. The minimum Gasteiger partial charge on any atom is -0.451 e. The summed E-state index contributed by atoms with van der Waals surface area (Å²) in [5.41, 5.74) is 1.56. The predicted molar refractivity (Wildman–Crippen MR) is 94.2 cm³/mol. The van der Waals surface area contributed by atoms with Crippen LogP contribution < -0.4 is 5.32 Å². The summed E-state index contributed by atoms with van der Waals surface area (Å²) in [5, 5.41) is 10.0. The SMILES string of the molecule is O=C(COC(=O)c1n[nH]c2ccccc12)Nc1ccc(I)cc1. The van der Waals surface area contributed by atoms with E-state index in [1.54, 1.807) is 24.3 Å². The Labute approximate surface area is 145 Å². The number of hydrogen-bond acceptors (Lipinski definition) is 4. The Balaban J connectivity index is 1.60. The highest BCUT2D eigenvalue weighted by Crippen LogP contribution is 2.16. The first-order chi connectivity index (χ1) is 11.1. The van der Waals surface area contributed by atoms with Crippen molar-refractivity contribution in [3.63, 3.8) is 0 Å². The molecule has 116 valence electrons. The molecule has 0 saturated carbocycles. The standard InChI is InChI=1S/C16H12IN3O3/c17-10-5-7-11(8-6-10)18-14(21)9-23-16(22)15-12-3-1-2-4-13(12)19-20-15/h1-8H,9H2,(H,18,21)(H,19,20). The molecular weight excluding hydrogens is 409 g/mol. The van der Waals surface area contributed by atoms with Crippen LogP contribution in [0.5, 0.6) is 0 Å². The lowest BCUT2D eigenvalue weighted by atomic mass is 10.2. The lowest BCUT2D eigenvalue weighted by molar-refractivity contribution is -0.119. The van der Waals surface area contributed by atoms with Gasteiger partial charge in [-0.25, -0.2) is 4.79 Å². The molecule has 0 bridgehead atoms. The molecule has 3 rings (SSSR count). The molecule has 0 aliphatic rings. The first-order valence-electron chi connectivity index (χ1n) is 6.79. The molecule has 2 aromatic carbocycles. The number of aromatic amines is 1. The van der Waals surface area contributed by atoms with E-state index in [-0.39, 0.29) is 12.3 Å². The van der Waals surface area contributed by atoms with E-state index in [0.717, 1.165) is 9.09 Å². The lowest BCUT2D eigenvalue weighted by Crippen LogP contribution is -2.21. The number of amides is 1. The van der Waals surface area contributed by atoms with Crippen molar-refractivity contribution in [1.82, 2.24) is 10.2 Å². The van der Waals surface area contributed by atoms with Gasteiger partial charge in [-0.15, -0.1) is 0 Å². The minimum absolute atomic E-state index is 0.169. The zero-order valence-electron chi connectivity index (χ0n) is 11.9. The van der Waals surface area contributed by atoms with Gasteiger partial charge in [-0.1, -0.05) is 18.2 Å². The Morgan fingerprint density at radius 1 is 1.13 bits per heavy atom. The molecule has 6 nitrogen and oxygen atoms in total. The second-order valence-corrected chi connectivity index (χ2v) is 5.99. The summed E-state index contributed by atoms with van der Waals surface area (Å²) in [6.07, 6.45) is 0. The predicted octanol–water partition coefficient (Wildman–Crippen LogP) is 2.96. The van der Waals surface area contributed by atoms with Crippen molar-refractivity contribution >= 4 is 51.1 Å². The summed E-state index contributed by atoms with van der Waals surface area (Å²) in [6, 6.07) is 14.5. The van der Waals surface area contributed by atoms with Crippen LogP contribution in [-0.2, 0) is 9.53 Å². The second-order valence-electron chi connectivity index (χ2n) is 4.75. The molecular formula is C16H12IN3O3. The van der Waals surface area contributed by atoms with E-state index >= 15 is 0 Å². The minimum atomic E-state index is -0.639. The molecule has 2 N–H and O–H groups in total. The molecule has 3 aromatic rings. The number of esters is 1. The van der Waals surface area contributed by atoms with Crippen molar-refractivity contribution in [3.8, 4) is 0 Å². The Morgan fingerprint density at radius 3 is 2.65 bits per heavy atom. The van der Waals surface area contributed by atoms with Crippen LogP contribution in [0.2, 0.25) is 0 Å². The maximum absolute atomic E-state index is 12.0. The zero-order valence-corrected chi connectivity index (χ0v) is 14.0. The second kappa shape index (κ2) is 6.78. The molecule has 7 heteroatoms. The number of fused-ring (bicyclic) bond motifs is 1. The summed E-state index contributed by atoms with van der Waals surface area (Å²) >= 11 is 2.18. The van der Waals surface area contributed by atoms with Crippen molar-refractivity contribution in [3.05, 3.63) is 57.8 Å². The van der Waals surface area contributed by atoms with Crippen LogP contribution in [0.1, 0.15) is 10.5 Å². The van der Waals surface area contributed by atoms with Gasteiger partial charge in [-0.3, -0.25) is 9.89 Å². The van der Waals surface area contributed by atoms with Gasteiger partial charge < -0.3 is 10.1 Å². The number of aromatic nitrogens is 2. The van der Waals surface area contributed by atoms with E-state index in [1.165, 1.54) is 0 Å². The highest BCUT2D eigenvalue weighted by atomic mass is 127. The van der Waals surface area contributed by atoms with Gasteiger partial charge >= 0.3 is 5.97 Å². The molecule has 0 fully saturated rings. The van der Waals surface area contributed by atoms with Gasteiger partial charge in [0.1, 0.15) is 0 Å². The Bertz CT molecular complexity index is 858. The summed E-state index contributed by atoms with van der Waals surface area (Å²) in [5.74, 6) is -1.04. The van der Waals surface area contributed by atoms with Crippen LogP contribution >= 0.6 is 22.6 Å². The zero-order chi connectivity index (χ0) is 16.2. The number of ether oxygens (including phenoxy) is 1. The summed E-state index contributed by atoms with van der Waals surface area (Å²) in [4.78, 5) is 23.9. The summed E-state index contributed by atoms with van der Waals surface area (Å²) in [7, 11) is 0. The number of nitrogens with one attached hydrogen (secondary N) is 2. The number of rotatable bonds is 4. The van der Waals surface area contributed by atoms with Crippen LogP contribution in [0.4, 0.5) is 5.69 Å². The fourth-order valence-corrected chi connectivity index (χ4v) is 2.41. The van der Waals surface area contributed by atoms with Gasteiger partial charge in [-0.05, 0) is 52.9 Å². The molecule has 0 aliphatic heterocycles. The van der Waals surface area contributed by atoms with E-state index in [2.05, 4.69) is 38.1 Å². The van der Waals surface area contributed by atoms with Crippen molar-refractivity contribution in [1.29, 1.82) is 0 Å². The van der Waals surface area contributed by atoms with E-state index in [9.17, 15) is 9.59 Å². The number of anilines is 1. The van der Waals surface area contributed by atoms with Crippen molar-refractivity contribution in [2.24, 2.45) is 0 Å². The number of para-hydroxylation sites is 1. The first kappa shape index (κ1) is 15.5. The summed E-state index contributed by atoms with van der Waals surface area (Å²) < 4.78 is 6.08. The average molecular weight is 421 g/mol. The Kier molecular flexibility index (Phi) is 4.56. The fraction of sp³-hybridized carbons (Fsp3) is 0.0625. The molecule has 1 amide bonds. The van der Waals surface area contributed by atoms with E-state index in [4.69, 9.17) is 4.74 Å². The quantitative estimate of drug-likeness (QED) is 0.501. The molecule has 1 heterocycles. The third kappa shape index (κ3) is 3.67. The van der Waals surface area contributed by atoms with E-state index in [1.807, 2.05) is 24.3 Å². The molecule has 0 aliphatic carbocycles. The number of carbonyl (C=O) groups is 2. The van der Waals surface area contributed by atoms with Crippen LogP contribution in [0.25, 0.3) is 10.9 Å². The van der Waals surface area contributed by atoms with Crippen LogP contribution in [0.3, 0.4) is 0 Å². The molecule has 1 aromatic heterocycles. The van der Waals surface area contributed by atoms with Crippen LogP contribution in [-0.4, -0.2) is 28.7 Å². The molecule has 0 saturated heterocycles. The van der Waals surface area contributed by atoms with E-state index in [0.29, 0.717) is 11.1 Å². The van der Waals surface area contributed by atoms with Crippen molar-refractivity contribution in [2.75, 3.05) is 11.9 Å². The number of hydrogen-bond donors (Lipinski definition) is 2. The van der Waals surface area contributed by atoms with Gasteiger partial charge in [0, 0.05) is 14.6 Å². The Morgan fingerprint density at radius 2 is 1.87 bits per heavy atom. The number of nitrogens with zero attached hydrogens (tertiary/aromatic N) is 1. The fourth-order valence-electron chi connectivity index (χ4n) is 2.05. The number of carbonyl (C=O) groups excluding carboxylic acids is 2. The molecule has 0 unspecified atom stereocenters. The molecule has 23 heavy (non-hydrogen) atoms. The van der Waals surface area contributed by atoms with Crippen LogP contribution in [0.15, 0.2) is 48.5 Å². The van der Waals surface area contributed by atoms with E-state index < -0.39 is 11.9 Å². The maximum Gasteiger partial charge on any atom is 0.359 e. The van der Waals surface area contributed by atoms with Gasteiger partial charge in [0.25, 0.3) is 5.91 Å². The maximum atomic E-state index is 12.0. The molecule has 0 spiro atoms. The van der Waals surface area contributed by atoms with Crippen LogP contribution in [0, 0.1) is 3.57 Å². The Hall–Kier alpha value is -2.42. The number of benzene rings is 2. The van der Waals surface area contributed by atoms with Gasteiger partial charge in [0.15, 0.2) is 12.3 Å². The van der Waals surface area contributed by atoms with Crippen molar-refractivity contribution < 1.29 is 14.3 Å². The first-order valence-corrected chi connectivity index (χ1v) is 7.87. The van der Waals surface area contributed by atoms with Crippen molar-refractivity contribution in [2.45, 2.75) is 0 Å². The molecule has 0 atom stereocenters. The highest BCUT2D eigenvalue weighted by Gasteiger charge is 2.16. The monoisotopic (exact) mass is 421 g/mol. The number of halogens is 1. The van der Waals surface area contributed by atoms with Gasteiger partial charge in [0.05, 0.1) is 5.52 Å². The summed E-state index contributed by atoms with van der Waals surface area (Å²) in [6.45, 7) is -0.369.